The Morgan fingerprint density at radius 2 is 1.80 bits per heavy atom. The second kappa shape index (κ2) is 5.47. The Balaban J connectivity index is 2.48. The van der Waals surface area contributed by atoms with Crippen LogP contribution in [0, 0.1) is 6.92 Å². The lowest BCUT2D eigenvalue weighted by Gasteiger charge is -2.24. The zero-order valence-corrected chi connectivity index (χ0v) is 12.0. The fraction of sp³-hybridized carbons (Fsp3) is 0.235. The van der Waals surface area contributed by atoms with Gasteiger partial charge < -0.3 is 10.5 Å². The van der Waals surface area contributed by atoms with Crippen LogP contribution < -0.4 is 10.5 Å². The average Bonchev–Trinajstić information content (AvgIpc) is 2.47. The van der Waals surface area contributed by atoms with E-state index in [1.807, 2.05) is 49.4 Å². The van der Waals surface area contributed by atoms with Gasteiger partial charge in [0.2, 0.25) is 0 Å². The number of benzene rings is 2. The summed E-state index contributed by atoms with van der Waals surface area (Å²) in [4.78, 5) is 12.8. The third kappa shape index (κ3) is 2.58. The van der Waals surface area contributed by atoms with Crippen molar-refractivity contribution in [1.29, 1.82) is 0 Å². The predicted molar refractivity (Wildman–Crippen MR) is 80.0 cm³/mol. The monoisotopic (exact) mass is 269 g/mol. The molecule has 3 nitrogen and oxygen atoms in total. The van der Waals surface area contributed by atoms with E-state index in [9.17, 15) is 4.79 Å². The molecular weight excluding hydrogens is 250 g/mol. The molecule has 0 amide bonds. The first-order valence-corrected chi connectivity index (χ1v) is 6.50. The molecule has 2 N–H and O–H groups in total. The third-order valence-corrected chi connectivity index (χ3v) is 3.44. The van der Waals surface area contributed by atoms with Crippen molar-refractivity contribution in [2.45, 2.75) is 19.4 Å². The lowest BCUT2D eigenvalue weighted by Crippen LogP contribution is -2.42. The number of ether oxygens (including phenoxy) is 1. The van der Waals surface area contributed by atoms with E-state index >= 15 is 0 Å². The van der Waals surface area contributed by atoms with Crippen LogP contribution >= 0.6 is 0 Å². The molecule has 0 saturated heterocycles. The molecule has 0 spiro atoms. The molecule has 2 aromatic carbocycles. The van der Waals surface area contributed by atoms with Gasteiger partial charge >= 0.3 is 0 Å². The Morgan fingerprint density at radius 1 is 1.15 bits per heavy atom. The number of hydrogen-bond acceptors (Lipinski definition) is 3. The summed E-state index contributed by atoms with van der Waals surface area (Å²) in [5.41, 5.74) is 7.50. The Bertz CT molecular complexity index is 618. The van der Waals surface area contributed by atoms with Crippen molar-refractivity contribution in [1.82, 2.24) is 0 Å². The van der Waals surface area contributed by atoms with Crippen LogP contribution in [-0.4, -0.2) is 12.9 Å². The molecule has 2 aromatic rings. The van der Waals surface area contributed by atoms with Crippen LogP contribution in [0.25, 0.3) is 0 Å². The number of aryl methyl sites for hydroxylation is 1. The SMILES string of the molecule is COc1ccc(C)cc1C(=O)C(C)(N)c1ccccc1. The maximum Gasteiger partial charge on any atom is 0.190 e. The second-order valence-corrected chi connectivity index (χ2v) is 5.10. The van der Waals surface area contributed by atoms with Gasteiger partial charge in [0.1, 0.15) is 11.3 Å². The Kier molecular flexibility index (Phi) is 3.91. The van der Waals surface area contributed by atoms with Gasteiger partial charge in [-0.05, 0) is 31.5 Å². The Labute approximate surface area is 119 Å². The molecule has 2 rings (SSSR count). The number of carbonyl (C=O) groups excluding carboxylic acids is 1. The predicted octanol–water partition coefficient (Wildman–Crippen LogP) is 3.06. The molecule has 3 heteroatoms. The van der Waals surface area contributed by atoms with Crippen molar-refractivity contribution in [3.05, 3.63) is 65.2 Å². The van der Waals surface area contributed by atoms with E-state index in [0.29, 0.717) is 11.3 Å². The van der Waals surface area contributed by atoms with Crippen molar-refractivity contribution < 1.29 is 9.53 Å². The van der Waals surface area contributed by atoms with Crippen molar-refractivity contribution in [3.8, 4) is 5.75 Å². The molecular formula is C17H19NO2. The third-order valence-electron chi connectivity index (χ3n) is 3.44. The largest absolute Gasteiger partial charge is 0.496 e. The lowest BCUT2D eigenvalue weighted by molar-refractivity contribution is 0.0896. The summed E-state index contributed by atoms with van der Waals surface area (Å²) in [5.74, 6) is 0.400. The maximum atomic E-state index is 12.8. The van der Waals surface area contributed by atoms with E-state index in [1.54, 1.807) is 20.1 Å². The highest BCUT2D eigenvalue weighted by Gasteiger charge is 2.33. The minimum atomic E-state index is -1.08. The number of hydrogen-bond donors (Lipinski definition) is 1. The van der Waals surface area contributed by atoms with Gasteiger partial charge in [0.15, 0.2) is 5.78 Å². The second-order valence-electron chi connectivity index (χ2n) is 5.10. The van der Waals surface area contributed by atoms with Crippen molar-refractivity contribution in [2.75, 3.05) is 7.11 Å². The van der Waals surface area contributed by atoms with E-state index in [1.165, 1.54) is 0 Å². The molecule has 104 valence electrons. The van der Waals surface area contributed by atoms with E-state index in [2.05, 4.69) is 0 Å². The molecule has 0 aliphatic heterocycles. The molecule has 0 aliphatic rings. The summed E-state index contributed by atoms with van der Waals surface area (Å²) in [5, 5.41) is 0. The molecule has 0 aliphatic carbocycles. The summed E-state index contributed by atoms with van der Waals surface area (Å²) >= 11 is 0. The summed E-state index contributed by atoms with van der Waals surface area (Å²) in [6.07, 6.45) is 0. The maximum absolute atomic E-state index is 12.8. The highest BCUT2D eigenvalue weighted by molar-refractivity contribution is 6.05. The van der Waals surface area contributed by atoms with Crippen LogP contribution in [0.2, 0.25) is 0 Å². The van der Waals surface area contributed by atoms with Crippen molar-refractivity contribution >= 4 is 5.78 Å². The van der Waals surface area contributed by atoms with Crippen LogP contribution in [0.4, 0.5) is 0 Å². The van der Waals surface area contributed by atoms with Gasteiger partial charge in [0.25, 0.3) is 0 Å². The standard InChI is InChI=1S/C17H19NO2/c1-12-9-10-15(20-3)14(11-12)16(19)17(2,18)13-7-5-4-6-8-13/h4-11H,18H2,1-3H3. The minimum Gasteiger partial charge on any atom is -0.496 e. The van der Waals surface area contributed by atoms with Crippen LogP contribution in [0.1, 0.15) is 28.4 Å². The number of ketones is 1. The molecule has 1 unspecified atom stereocenters. The zero-order valence-electron chi connectivity index (χ0n) is 12.0. The number of carbonyl (C=O) groups is 1. The smallest absolute Gasteiger partial charge is 0.190 e. The first kappa shape index (κ1) is 14.3. The van der Waals surface area contributed by atoms with E-state index in [0.717, 1.165) is 11.1 Å². The van der Waals surface area contributed by atoms with Gasteiger partial charge in [0, 0.05) is 0 Å². The highest BCUT2D eigenvalue weighted by Crippen LogP contribution is 2.28. The summed E-state index contributed by atoms with van der Waals surface area (Å²) in [6, 6.07) is 14.9. The van der Waals surface area contributed by atoms with E-state index < -0.39 is 5.54 Å². The summed E-state index contributed by atoms with van der Waals surface area (Å²) < 4.78 is 5.28. The molecule has 1 atom stereocenters. The van der Waals surface area contributed by atoms with Gasteiger partial charge in [-0.2, -0.15) is 0 Å². The molecule has 0 fully saturated rings. The highest BCUT2D eigenvalue weighted by atomic mass is 16.5. The normalized spacial score (nSPS) is 13.6. The lowest BCUT2D eigenvalue weighted by atomic mass is 9.84. The number of rotatable bonds is 4. The average molecular weight is 269 g/mol. The summed E-state index contributed by atoms with van der Waals surface area (Å²) in [7, 11) is 1.55. The van der Waals surface area contributed by atoms with Gasteiger partial charge in [0.05, 0.1) is 12.7 Å². The van der Waals surface area contributed by atoms with Gasteiger partial charge in [-0.3, -0.25) is 4.79 Å². The minimum absolute atomic E-state index is 0.149. The summed E-state index contributed by atoms with van der Waals surface area (Å²) in [6.45, 7) is 3.67. The quantitative estimate of drug-likeness (QED) is 0.868. The van der Waals surface area contributed by atoms with Crippen LogP contribution in [0.15, 0.2) is 48.5 Å². The first-order valence-electron chi connectivity index (χ1n) is 6.50. The Hall–Kier alpha value is -2.13. The molecule has 20 heavy (non-hydrogen) atoms. The van der Waals surface area contributed by atoms with Crippen molar-refractivity contribution in [3.63, 3.8) is 0 Å². The molecule has 0 heterocycles. The van der Waals surface area contributed by atoms with Crippen LogP contribution in [0.5, 0.6) is 5.75 Å². The number of nitrogens with two attached hydrogens (primary N) is 1. The molecule has 0 saturated carbocycles. The first-order chi connectivity index (χ1) is 9.46. The van der Waals surface area contributed by atoms with Gasteiger partial charge in [-0.1, -0.05) is 42.0 Å². The van der Waals surface area contributed by atoms with Crippen molar-refractivity contribution in [2.24, 2.45) is 5.73 Å². The zero-order chi connectivity index (χ0) is 14.8. The van der Waals surface area contributed by atoms with Crippen LogP contribution in [0.3, 0.4) is 0 Å². The molecule has 0 bridgehead atoms. The van der Waals surface area contributed by atoms with Crippen LogP contribution in [-0.2, 0) is 5.54 Å². The topological polar surface area (TPSA) is 52.3 Å². The number of methoxy groups -OCH3 is 1. The van der Waals surface area contributed by atoms with E-state index in [4.69, 9.17) is 10.5 Å². The fourth-order valence-electron chi connectivity index (χ4n) is 2.19. The number of Topliss-reactive ketones (excluding diaryl/α,β-unsaturated/α-hetero) is 1. The van der Waals surface area contributed by atoms with Gasteiger partial charge in [-0.15, -0.1) is 0 Å². The molecule has 0 aromatic heterocycles. The molecule has 0 radical (unpaired) electrons. The van der Waals surface area contributed by atoms with Gasteiger partial charge in [-0.25, -0.2) is 0 Å². The van der Waals surface area contributed by atoms with E-state index in [-0.39, 0.29) is 5.78 Å². The Morgan fingerprint density at radius 3 is 2.40 bits per heavy atom. The fourth-order valence-corrected chi connectivity index (χ4v) is 2.19.